The van der Waals surface area contributed by atoms with Crippen LogP contribution in [0.4, 0.5) is 19.9 Å². The van der Waals surface area contributed by atoms with Gasteiger partial charge in [0, 0.05) is 31.2 Å². The Morgan fingerprint density at radius 1 is 0.647 bits per heavy atom. The van der Waals surface area contributed by atoms with E-state index in [1.807, 2.05) is 60.7 Å². The molecule has 372 valence electrons. The summed E-state index contributed by atoms with van der Waals surface area (Å²) < 4.78 is 20.2. The van der Waals surface area contributed by atoms with Crippen LogP contribution in [0.3, 0.4) is 0 Å². The van der Waals surface area contributed by atoms with Crippen LogP contribution in [0, 0.1) is 0 Å². The Morgan fingerprint density at radius 2 is 1.04 bits per heavy atom. The van der Waals surface area contributed by atoms with E-state index in [-0.39, 0.29) is 97.0 Å². The summed E-state index contributed by atoms with van der Waals surface area (Å²) >= 11 is 6.83. The zero-order valence-corrected chi connectivity index (χ0v) is 41.5. The Labute approximate surface area is 408 Å². The molecule has 4 rings (SSSR count). The summed E-state index contributed by atoms with van der Waals surface area (Å²) in [6, 6.07) is 18.5. The van der Waals surface area contributed by atoms with E-state index in [0.717, 1.165) is 33.8 Å². The van der Waals surface area contributed by atoms with E-state index in [4.69, 9.17) is 34.4 Å². The average Bonchev–Trinajstić information content (AvgIpc) is 3.98. The number of amides is 3. The number of carbonyl (C=O) groups excluding carboxylic acids is 6. The van der Waals surface area contributed by atoms with Gasteiger partial charge in [-0.15, -0.1) is 22.7 Å². The summed E-state index contributed by atoms with van der Waals surface area (Å²) in [4.78, 5) is 88.8. The van der Waals surface area contributed by atoms with Crippen molar-refractivity contribution in [1.82, 2.24) is 20.2 Å². The predicted molar refractivity (Wildman–Crippen MR) is 261 cm³/mol. The second-order valence-corrected chi connectivity index (χ2v) is 15.0. The van der Waals surface area contributed by atoms with Crippen LogP contribution in [-0.2, 0) is 61.0 Å². The molecule has 2 aromatic carbocycles. The molecule has 0 bridgehead atoms. The van der Waals surface area contributed by atoms with Gasteiger partial charge < -0.3 is 44.6 Å². The molecule has 5 N–H and O–H groups in total. The minimum absolute atomic E-state index is 0.0591. The normalized spacial score (nSPS) is 10.6. The number of nitrogens with one attached hydrogen (secondary N) is 3. The van der Waals surface area contributed by atoms with Gasteiger partial charge >= 0.3 is 24.1 Å². The van der Waals surface area contributed by atoms with Gasteiger partial charge in [0.15, 0.2) is 10.3 Å². The number of ether oxygens (including phenoxy) is 4. The van der Waals surface area contributed by atoms with Gasteiger partial charge in [-0.25, -0.2) is 29.1 Å². The highest BCUT2D eigenvalue weighted by Gasteiger charge is 2.22. The lowest BCUT2D eigenvalue weighted by atomic mass is 10.2. The molecular weight excluding hydrogens is 946 g/mol. The first kappa shape index (κ1) is 59.5. The summed E-state index contributed by atoms with van der Waals surface area (Å²) in [7, 11) is 0. The SMILES string of the molecule is CC(=O)Cl.CCN(CC)CC.CCOC(=O)/C(=N\OCCN)c1csc(NC(=O)OCc2ccccc2)n1.CCOC(=O)/C(=N\OCCNC(C)=O)c1csc(NC(=O)OCc2ccccc2)n1. The number of nitrogens with two attached hydrogens (primary N) is 1. The fraction of sp³-hybridized carbons (Fsp3) is 0.409. The summed E-state index contributed by atoms with van der Waals surface area (Å²) in [5, 5.41) is 18.2. The largest absolute Gasteiger partial charge is 0.461 e. The highest BCUT2D eigenvalue weighted by atomic mass is 35.5. The molecule has 0 unspecified atom stereocenters. The smallest absolute Gasteiger partial charge is 0.413 e. The third-order valence-electron chi connectivity index (χ3n) is 7.70. The molecule has 68 heavy (non-hydrogen) atoms. The molecule has 3 amide bonds. The van der Waals surface area contributed by atoms with Gasteiger partial charge in [0.05, 0.1) is 19.8 Å². The van der Waals surface area contributed by atoms with Crippen molar-refractivity contribution in [2.24, 2.45) is 16.0 Å². The van der Waals surface area contributed by atoms with Crippen LogP contribution in [0.2, 0.25) is 0 Å². The maximum absolute atomic E-state index is 12.2. The fourth-order valence-corrected chi connectivity index (χ4v) is 5.93. The minimum Gasteiger partial charge on any atom is -0.461 e. The number of aromatic nitrogens is 2. The fourth-order valence-electron chi connectivity index (χ4n) is 4.57. The van der Waals surface area contributed by atoms with Gasteiger partial charge in [0.1, 0.15) is 37.8 Å². The summed E-state index contributed by atoms with van der Waals surface area (Å²) in [6.07, 6.45) is -1.34. The van der Waals surface area contributed by atoms with E-state index in [9.17, 15) is 28.8 Å². The van der Waals surface area contributed by atoms with Crippen LogP contribution in [0.5, 0.6) is 0 Å². The molecule has 4 aromatic rings. The van der Waals surface area contributed by atoms with Crippen LogP contribution in [-0.4, -0.2) is 121 Å². The topological polar surface area (TPSA) is 274 Å². The lowest BCUT2D eigenvalue weighted by Gasteiger charge is -2.13. The lowest BCUT2D eigenvalue weighted by molar-refractivity contribution is -0.136. The quantitative estimate of drug-likeness (QED) is 0.0162. The highest BCUT2D eigenvalue weighted by Crippen LogP contribution is 2.19. The number of esters is 2. The Morgan fingerprint density at radius 3 is 1.38 bits per heavy atom. The zero-order valence-electron chi connectivity index (χ0n) is 39.1. The number of nitrogens with zero attached hydrogens (tertiary/aromatic N) is 5. The molecule has 0 saturated carbocycles. The van der Waals surface area contributed by atoms with Gasteiger partial charge in [-0.2, -0.15) is 0 Å². The first-order chi connectivity index (χ1) is 32.7. The first-order valence-electron chi connectivity index (χ1n) is 21.2. The Hall–Kier alpha value is -6.53. The van der Waals surface area contributed by atoms with Crippen molar-refractivity contribution in [2.45, 2.75) is 61.7 Å². The second kappa shape index (κ2) is 36.6. The van der Waals surface area contributed by atoms with Gasteiger partial charge in [0.25, 0.3) is 0 Å². The molecule has 0 atom stereocenters. The molecule has 0 aliphatic rings. The van der Waals surface area contributed by atoms with Gasteiger partial charge in [-0.3, -0.25) is 20.2 Å². The monoisotopic (exact) mass is 1010 g/mol. The van der Waals surface area contributed by atoms with Gasteiger partial charge in [0.2, 0.25) is 22.6 Å². The highest BCUT2D eigenvalue weighted by molar-refractivity contribution is 7.14. The second-order valence-electron chi connectivity index (χ2n) is 12.8. The standard InChI is InChI=1S/C19H22N4O6S.C17H20N4O5S.C6H15N.C2H3ClO/c1-3-27-17(25)16(23-29-10-9-20-13(2)24)15-12-30-18(21-15)22-19(26)28-11-14-7-5-4-6-8-14;1-2-24-15(22)14(21-26-9-8-18)13-11-27-16(19-13)20-17(23)25-10-12-6-4-3-5-7-12;1-4-7(5-2)6-3;1-2(3)4/h4-8,12H,3,9-11H2,1-2H3,(H,20,24)(H,21,22,26);3-7,11H,2,8-10,18H2,1H3,(H,19,20,23);4-6H2,1-3H3;1H3/b23-16-;21-14-;;. The molecule has 0 fully saturated rings. The van der Waals surface area contributed by atoms with Crippen LogP contribution < -0.4 is 21.7 Å². The third kappa shape index (κ3) is 27.2. The van der Waals surface area contributed by atoms with Crippen molar-refractivity contribution in [3.8, 4) is 0 Å². The van der Waals surface area contributed by atoms with E-state index >= 15 is 0 Å². The molecule has 2 heterocycles. The number of carbonyl (C=O) groups is 6. The number of oxime groups is 2. The number of rotatable bonds is 22. The minimum atomic E-state index is -0.722. The van der Waals surface area contributed by atoms with E-state index < -0.39 is 24.1 Å². The van der Waals surface area contributed by atoms with Crippen LogP contribution >= 0.6 is 34.3 Å². The number of thiazole rings is 2. The van der Waals surface area contributed by atoms with Crippen molar-refractivity contribution < 1.29 is 57.4 Å². The molecule has 0 spiro atoms. The maximum Gasteiger partial charge on any atom is 0.413 e. The van der Waals surface area contributed by atoms with Crippen LogP contribution in [0.1, 0.15) is 71.0 Å². The predicted octanol–water partition coefficient (Wildman–Crippen LogP) is 6.57. The van der Waals surface area contributed by atoms with Crippen molar-refractivity contribution in [3.05, 3.63) is 93.9 Å². The lowest BCUT2D eigenvalue weighted by Crippen LogP contribution is -2.24. The molecular formula is C44H60ClN9O12S2. The molecule has 0 aliphatic heterocycles. The summed E-state index contributed by atoms with van der Waals surface area (Å²) in [5.74, 6) is -1.61. The molecule has 0 radical (unpaired) electrons. The van der Waals surface area contributed by atoms with Crippen molar-refractivity contribution >= 4 is 91.2 Å². The van der Waals surface area contributed by atoms with Crippen molar-refractivity contribution in [3.63, 3.8) is 0 Å². The summed E-state index contributed by atoms with van der Waals surface area (Å²) in [6.45, 7) is 17.4. The molecule has 21 nitrogen and oxygen atoms in total. The molecule has 2 aromatic heterocycles. The first-order valence-corrected chi connectivity index (χ1v) is 23.3. The zero-order chi connectivity index (χ0) is 50.5. The van der Waals surface area contributed by atoms with E-state index in [1.54, 1.807) is 19.2 Å². The molecule has 0 aliphatic carbocycles. The van der Waals surface area contributed by atoms with Crippen molar-refractivity contribution in [1.29, 1.82) is 0 Å². The molecule has 24 heteroatoms. The number of benzene rings is 2. The van der Waals surface area contributed by atoms with E-state index in [0.29, 0.717) is 0 Å². The van der Waals surface area contributed by atoms with Crippen LogP contribution in [0.15, 0.2) is 81.7 Å². The number of halogens is 1. The van der Waals surface area contributed by atoms with E-state index in [2.05, 4.69) is 73.5 Å². The van der Waals surface area contributed by atoms with Crippen LogP contribution in [0.25, 0.3) is 0 Å². The van der Waals surface area contributed by atoms with Gasteiger partial charge in [-0.1, -0.05) is 91.7 Å². The van der Waals surface area contributed by atoms with Crippen molar-refractivity contribution in [2.75, 3.05) is 69.8 Å². The number of hydrogen-bond acceptors (Lipinski definition) is 20. The average molecular weight is 1010 g/mol. The Bertz CT molecular complexity index is 2150. The Kier molecular flexibility index (Phi) is 32.0. The Balaban J connectivity index is 0.000000559. The van der Waals surface area contributed by atoms with E-state index in [1.165, 1.54) is 38.9 Å². The molecule has 0 saturated heterocycles. The third-order valence-corrected chi connectivity index (χ3v) is 9.22. The number of anilines is 2. The number of hydrogen-bond donors (Lipinski definition) is 4. The summed E-state index contributed by atoms with van der Waals surface area (Å²) in [5.41, 5.74) is 7.18. The van der Waals surface area contributed by atoms with Gasteiger partial charge in [-0.05, 0) is 56.2 Å². The maximum atomic E-state index is 12.2.